The Hall–Kier alpha value is -1.75. The van der Waals surface area contributed by atoms with E-state index in [1.54, 1.807) is 19.2 Å². The molecular weight excluding hydrogens is 268 g/mol. The number of nitrogens with one attached hydrogen (secondary N) is 2. The monoisotopic (exact) mass is 292 g/mol. The van der Waals surface area contributed by atoms with Gasteiger partial charge in [-0.2, -0.15) is 0 Å². The molecule has 0 aliphatic heterocycles. The molecule has 1 aromatic carbocycles. The number of methoxy groups -OCH3 is 1. The van der Waals surface area contributed by atoms with Gasteiger partial charge in [-0.1, -0.05) is 0 Å². The van der Waals surface area contributed by atoms with Crippen molar-refractivity contribution >= 4 is 5.91 Å². The van der Waals surface area contributed by atoms with Crippen molar-refractivity contribution in [2.24, 2.45) is 0 Å². The van der Waals surface area contributed by atoms with E-state index in [9.17, 15) is 4.79 Å². The third-order valence-electron chi connectivity index (χ3n) is 3.68. The van der Waals surface area contributed by atoms with Gasteiger partial charge < -0.3 is 20.1 Å². The molecular formula is C16H24N2O3. The van der Waals surface area contributed by atoms with Gasteiger partial charge in [-0.15, -0.1) is 0 Å². The molecule has 5 nitrogen and oxygen atoms in total. The van der Waals surface area contributed by atoms with E-state index in [0.717, 1.165) is 25.1 Å². The summed E-state index contributed by atoms with van der Waals surface area (Å²) in [6.45, 7) is 1.34. The molecule has 1 saturated carbocycles. The number of ether oxygens (including phenoxy) is 2. The van der Waals surface area contributed by atoms with Crippen LogP contribution in [0.25, 0.3) is 0 Å². The maximum Gasteiger partial charge on any atom is 0.251 e. The molecule has 0 radical (unpaired) electrons. The Morgan fingerprint density at radius 2 is 2.00 bits per heavy atom. The summed E-state index contributed by atoms with van der Waals surface area (Å²) in [4.78, 5) is 12.0. The van der Waals surface area contributed by atoms with Crippen molar-refractivity contribution in [3.05, 3.63) is 23.8 Å². The number of rotatable bonds is 7. The molecule has 0 bridgehead atoms. The van der Waals surface area contributed by atoms with Crippen LogP contribution in [-0.4, -0.2) is 39.3 Å². The van der Waals surface area contributed by atoms with Crippen molar-refractivity contribution in [2.45, 2.75) is 31.8 Å². The van der Waals surface area contributed by atoms with E-state index in [1.165, 1.54) is 12.8 Å². The van der Waals surface area contributed by atoms with E-state index in [0.29, 0.717) is 17.9 Å². The van der Waals surface area contributed by atoms with Crippen molar-refractivity contribution in [3.63, 3.8) is 0 Å². The lowest BCUT2D eigenvalue weighted by Gasteiger charge is -2.16. The third-order valence-corrected chi connectivity index (χ3v) is 3.68. The highest BCUT2D eigenvalue weighted by Gasteiger charge is 2.19. The zero-order valence-corrected chi connectivity index (χ0v) is 12.8. The lowest BCUT2D eigenvalue weighted by molar-refractivity contribution is 0.0953. The van der Waals surface area contributed by atoms with E-state index in [-0.39, 0.29) is 12.0 Å². The van der Waals surface area contributed by atoms with Crippen LogP contribution in [0.5, 0.6) is 11.5 Å². The van der Waals surface area contributed by atoms with Gasteiger partial charge >= 0.3 is 0 Å². The highest BCUT2D eigenvalue weighted by atomic mass is 16.5. The molecule has 2 N–H and O–H groups in total. The first-order chi connectivity index (χ1) is 10.2. The minimum absolute atomic E-state index is 0.101. The number of amides is 1. The quantitative estimate of drug-likeness (QED) is 0.754. The van der Waals surface area contributed by atoms with Gasteiger partial charge in [0, 0.05) is 18.7 Å². The van der Waals surface area contributed by atoms with Crippen LogP contribution in [0.3, 0.4) is 0 Å². The molecule has 0 aromatic heterocycles. The van der Waals surface area contributed by atoms with Crippen LogP contribution in [0.1, 0.15) is 36.0 Å². The Kier molecular flexibility index (Phi) is 5.87. The minimum Gasteiger partial charge on any atom is -0.493 e. The third kappa shape index (κ3) is 4.36. The number of benzene rings is 1. The number of carbonyl (C=O) groups excluding carboxylic acids is 1. The summed E-state index contributed by atoms with van der Waals surface area (Å²) >= 11 is 0. The molecule has 0 atom stereocenters. The Balaban J connectivity index is 2.02. The molecule has 1 amide bonds. The summed E-state index contributed by atoms with van der Waals surface area (Å²) in [6.07, 6.45) is 4.90. The van der Waals surface area contributed by atoms with E-state index >= 15 is 0 Å². The predicted molar refractivity (Wildman–Crippen MR) is 82.1 cm³/mol. The first-order valence-corrected chi connectivity index (χ1v) is 7.52. The average Bonchev–Trinajstić information content (AvgIpc) is 3.00. The molecule has 1 fully saturated rings. The van der Waals surface area contributed by atoms with Crippen molar-refractivity contribution in [2.75, 3.05) is 27.2 Å². The standard InChI is InChI=1S/C16H24N2O3/c1-17-9-10-18-16(19)12-7-8-14(15(11-12)20-2)21-13-5-3-4-6-13/h7-8,11,13,17H,3-6,9-10H2,1-2H3,(H,18,19). The SMILES string of the molecule is CNCCNC(=O)c1ccc(OC2CCCC2)c(OC)c1. The predicted octanol–water partition coefficient (Wildman–Crippen LogP) is 1.97. The second kappa shape index (κ2) is 7.88. The Bertz CT molecular complexity index is 471. The lowest BCUT2D eigenvalue weighted by atomic mass is 10.2. The number of likely N-dealkylation sites (N-methyl/N-ethyl adjacent to an activating group) is 1. The summed E-state index contributed by atoms with van der Waals surface area (Å²) in [7, 11) is 3.45. The summed E-state index contributed by atoms with van der Waals surface area (Å²) < 4.78 is 11.3. The number of hydrogen-bond donors (Lipinski definition) is 2. The summed E-state index contributed by atoms with van der Waals surface area (Å²) in [5.74, 6) is 1.23. The molecule has 0 unspecified atom stereocenters. The molecule has 2 rings (SSSR count). The molecule has 1 aliphatic carbocycles. The molecule has 1 aliphatic rings. The average molecular weight is 292 g/mol. The van der Waals surface area contributed by atoms with Crippen LogP contribution in [0.2, 0.25) is 0 Å². The van der Waals surface area contributed by atoms with Crippen LogP contribution in [0.4, 0.5) is 0 Å². The van der Waals surface area contributed by atoms with Gasteiger partial charge in [0.2, 0.25) is 0 Å². The molecule has 0 spiro atoms. The topological polar surface area (TPSA) is 59.6 Å². The van der Waals surface area contributed by atoms with Gasteiger partial charge in [0.25, 0.3) is 5.91 Å². The molecule has 21 heavy (non-hydrogen) atoms. The molecule has 5 heteroatoms. The second-order valence-corrected chi connectivity index (χ2v) is 5.25. The maximum atomic E-state index is 12.0. The fourth-order valence-corrected chi connectivity index (χ4v) is 2.50. The fourth-order valence-electron chi connectivity index (χ4n) is 2.50. The number of carbonyl (C=O) groups is 1. The normalized spacial score (nSPS) is 15.0. The van der Waals surface area contributed by atoms with Gasteiger partial charge in [-0.25, -0.2) is 0 Å². The van der Waals surface area contributed by atoms with Gasteiger partial charge in [0.15, 0.2) is 11.5 Å². The summed E-state index contributed by atoms with van der Waals surface area (Å²) in [5.41, 5.74) is 0.585. The second-order valence-electron chi connectivity index (χ2n) is 5.25. The molecule has 0 heterocycles. The first-order valence-electron chi connectivity index (χ1n) is 7.52. The van der Waals surface area contributed by atoms with Crippen molar-refractivity contribution in [1.82, 2.24) is 10.6 Å². The van der Waals surface area contributed by atoms with Gasteiger partial charge in [0.1, 0.15) is 0 Å². The van der Waals surface area contributed by atoms with Crippen LogP contribution < -0.4 is 20.1 Å². The Morgan fingerprint density at radius 1 is 1.24 bits per heavy atom. The molecule has 0 saturated heterocycles. The van der Waals surface area contributed by atoms with E-state index in [1.807, 2.05) is 13.1 Å². The number of hydrogen-bond acceptors (Lipinski definition) is 4. The van der Waals surface area contributed by atoms with Gasteiger partial charge in [-0.05, 0) is 50.9 Å². The lowest BCUT2D eigenvalue weighted by Crippen LogP contribution is -2.30. The van der Waals surface area contributed by atoms with Crippen molar-refractivity contribution in [1.29, 1.82) is 0 Å². The maximum absolute atomic E-state index is 12.0. The first kappa shape index (κ1) is 15.6. The van der Waals surface area contributed by atoms with E-state index < -0.39 is 0 Å². The van der Waals surface area contributed by atoms with E-state index in [4.69, 9.17) is 9.47 Å². The summed E-state index contributed by atoms with van der Waals surface area (Å²) in [6, 6.07) is 5.34. The summed E-state index contributed by atoms with van der Waals surface area (Å²) in [5, 5.41) is 5.83. The zero-order chi connectivity index (χ0) is 15.1. The minimum atomic E-state index is -0.101. The highest BCUT2D eigenvalue weighted by molar-refractivity contribution is 5.94. The van der Waals surface area contributed by atoms with Crippen molar-refractivity contribution < 1.29 is 14.3 Å². The van der Waals surface area contributed by atoms with Gasteiger partial charge in [0.05, 0.1) is 13.2 Å². The molecule has 116 valence electrons. The zero-order valence-electron chi connectivity index (χ0n) is 12.8. The Labute approximate surface area is 126 Å². The Morgan fingerprint density at radius 3 is 2.67 bits per heavy atom. The fraction of sp³-hybridized carbons (Fsp3) is 0.562. The highest BCUT2D eigenvalue weighted by Crippen LogP contribution is 2.32. The van der Waals surface area contributed by atoms with Crippen LogP contribution in [0, 0.1) is 0 Å². The van der Waals surface area contributed by atoms with Crippen LogP contribution in [0.15, 0.2) is 18.2 Å². The largest absolute Gasteiger partial charge is 0.493 e. The van der Waals surface area contributed by atoms with E-state index in [2.05, 4.69) is 10.6 Å². The van der Waals surface area contributed by atoms with Crippen molar-refractivity contribution in [3.8, 4) is 11.5 Å². The smallest absolute Gasteiger partial charge is 0.251 e. The molecule has 1 aromatic rings. The van der Waals surface area contributed by atoms with Crippen LogP contribution >= 0.6 is 0 Å². The van der Waals surface area contributed by atoms with Crippen LogP contribution in [-0.2, 0) is 0 Å². The van der Waals surface area contributed by atoms with Gasteiger partial charge in [-0.3, -0.25) is 4.79 Å².